The van der Waals surface area contributed by atoms with Crippen molar-refractivity contribution in [1.82, 2.24) is 15.3 Å². The summed E-state index contributed by atoms with van der Waals surface area (Å²) in [5.74, 6) is 0.851. The molecule has 2 unspecified atom stereocenters. The van der Waals surface area contributed by atoms with Crippen molar-refractivity contribution in [2.45, 2.75) is 43.6 Å². The van der Waals surface area contributed by atoms with Crippen LogP contribution in [-0.4, -0.2) is 34.9 Å². The average Bonchev–Trinajstić information content (AvgIpc) is 2.85. The van der Waals surface area contributed by atoms with Gasteiger partial charge in [-0.1, -0.05) is 25.6 Å². The summed E-state index contributed by atoms with van der Waals surface area (Å²) in [5.41, 5.74) is 2.00. The minimum atomic E-state index is 0.461. The van der Waals surface area contributed by atoms with Gasteiger partial charge in [0, 0.05) is 17.4 Å². The average molecular weight is 293 g/mol. The molecule has 0 fully saturated rings. The van der Waals surface area contributed by atoms with Crippen LogP contribution in [0.4, 0.5) is 0 Å². The lowest BCUT2D eigenvalue weighted by molar-refractivity contribution is 0.415. The second-order valence-corrected chi connectivity index (χ2v) is 6.36. The number of aromatic amines is 1. The zero-order chi connectivity index (χ0) is 14.5. The number of nitrogens with zero attached hydrogens (tertiary/aromatic N) is 1. The van der Waals surface area contributed by atoms with Gasteiger partial charge in [0.05, 0.1) is 18.1 Å². The highest BCUT2D eigenvalue weighted by molar-refractivity contribution is 7.99. The Morgan fingerprint density at radius 2 is 2.20 bits per heavy atom. The molecule has 2 aromatic rings. The summed E-state index contributed by atoms with van der Waals surface area (Å²) in [6.45, 7) is 7.69. The first-order valence-electron chi connectivity index (χ1n) is 7.07. The van der Waals surface area contributed by atoms with Gasteiger partial charge < -0.3 is 15.0 Å². The van der Waals surface area contributed by atoms with Crippen molar-refractivity contribution in [1.29, 1.82) is 0 Å². The number of methoxy groups -OCH3 is 1. The third-order valence-electron chi connectivity index (χ3n) is 3.39. The van der Waals surface area contributed by atoms with Crippen molar-refractivity contribution in [3.8, 4) is 5.75 Å². The number of nitrogens with one attached hydrogen (secondary N) is 2. The largest absolute Gasteiger partial charge is 0.497 e. The fourth-order valence-corrected chi connectivity index (χ4v) is 2.94. The Labute approximate surface area is 124 Å². The van der Waals surface area contributed by atoms with E-state index in [-0.39, 0.29) is 0 Å². The summed E-state index contributed by atoms with van der Waals surface area (Å²) in [6, 6.07) is 6.36. The number of fused-ring (bicyclic) bond motifs is 1. The van der Waals surface area contributed by atoms with Crippen LogP contribution in [0.15, 0.2) is 23.4 Å². The summed E-state index contributed by atoms with van der Waals surface area (Å²) in [5, 5.41) is 4.95. The number of H-pyrrole nitrogens is 1. The van der Waals surface area contributed by atoms with Crippen LogP contribution in [0, 0.1) is 0 Å². The van der Waals surface area contributed by atoms with Crippen molar-refractivity contribution in [2.75, 3.05) is 13.7 Å². The Kier molecular flexibility index (Phi) is 5.31. The third kappa shape index (κ3) is 3.67. The highest BCUT2D eigenvalue weighted by Gasteiger charge is 2.15. The fourth-order valence-electron chi connectivity index (χ4n) is 1.96. The molecule has 0 spiro atoms. The summed E-state index contributed by atoms with van der Waals surface area (Å²) in [7, 11) is 1.68. The van der Waals surface area contributed by atoms with Crippen LogP contribution in [0.5, 0.6) is 5.75 Å². The number of aromatic nitrogens is 2. The van der Waals surface area contributed by atoms with Crippen molar-refractivity contribution in [3.05, 3.63) is 18.2 Å². The smallest absolute Gasteiger partial charge is 0.166 e. The van der Waals surface area contributed by atoms with Crippen LogP contribution < -0.4 is 10.1 Å². The zero-order valence-electron chi connectivity index (χ0n) is 12.6. The number of ether oxygens (including phenoxy) is 1. The van der Waals surface area contributed by atoms with Gasteiger partial charge in [-0.15, -0.1) is 0 Å². The predicted molar refractivity (Wildman–Crippen MR) is 85.7 cm³/mol. The normalized spacial score (nSPS) is 14.4. The van der Waals surface area contributed by atoms with Crippen molar-refractivity contribution < 1.29 is 4.74 Å². The van der Waals surface area contributed by atoms with Crippen LogP contribution in [-0.2, 0) is 0 Å². The van der Waals surface area contributed by atoms with Crippen LogP contribution in [0.3, 0.4) is 0 Å². The molecule has 0 aliphatic heterocycles. The van der Waals surface area contributed by atoms with Crippen molar-refractivity contribution in [2.24, 2.45) is 0 Å². The molecule has 0 aliphatic carbocycles. The molecular weight excluding hydrogens is 270 g/mol. The zero-order valence-corrected chi connectivity index (χ0v) is 13.4. The van der Waals surface area contributed by atoms with E-state index in [2.05, 4.69) is 36.1 Å². The Bertz CT molecular complexity index is 555. The molecule has 4 nitrogen and oxygen atoms in total. The number of thioether (sulfide) groups is 1. The minimum absolute atomic E-state index is 0.461. The Hall–Kier alpha value is -1.20. The molecule has 0 saturated carbocycles. The molecular formula is C15H23N3OS. The molecule has 2 rings (SSSR count). The molecule has 2 N–H and O–H groups in total. The Morgan fingerprint density at radius 3 is 2.90 bits per heavy atom. The van der Waals surface area contributed by atoms with Gasteiger partial charge >= 0.3 is 0 Å². The molecule has 5 heteroatoms. The van der Waals surface area contributed by atoms with Gasteiger partial charge in [0.2, 0.25) is 0 Å². The lowest BCUT2D eigenvalue weighted by atomic mass is 10.2. The molecule has 1 aromatic heterocycles. The number of hydrogen-bond acceptors (Lipinski definition) is 4. The molecule has 110 valence electrons. The van der Waals surface area contributed by atoms with Crippen molar-refractivity contribution >= 4 is 22.8 Å². The minimum Gasteiger partial charge on any atom is -0.497 e. The summed E-state index contributed by atoms with van der Waals surface area (Å²) < 4.78 is 5.23. The maximum Gasteiger partial charge on any atom is 0.166 e. The lowest BCUT2D eigenvalue weighted by Gasteiger charge is -2.19. The second kappa shape index (κ2) is 6.99. The van der Waals surface area contributed by atoms with Gasteiger partial charge in [-0.25, -0.2) is 4.98 Å². The molecule has 0 aliphatic rings. The van der Waals surface area contributed by atoms with Crippen LogP contribution in [0.1, 0.15) is 27.2 Å². The van der Waals surface area contributed by atoms with Crippen LogP contribution in [0.25, 0.3) is 11.0 Å². The van der Waals surface area contributed by atoms with Gasteiger partial charge in [-0.3, -0.25) is 0 Å². The van der Waals surface area contributed by atoms with E-state index >= 15 is 0 Å². The number of rotatable bonds is 7. The standard InChI is InChI=1S/C15H23N3OS/c1-5-8-16-10(2)11(3)20-15-17-13-7-6-12(19-4)9-14(13)18-15/h6-7,9-11,16H,5,8H2,1-4H3,(H,17,18). The van der Waals surface area contributed by atoms with Gasteiger partial charge in [0.25, 0.3) is 0 Å². The van der Waals surface area contributed by atoms with Gasteiger partial charge in [-0.2, -0.15) is 0 Å². The van der Waals surface area contributed by atoms with Gasteiger partial charge in [0.1, 0.15) is 5.75 Å². The van der Waals surface area contributed by atoms with Gasteiger partial charge in [0.15, 0.2) is 5.16 Å². The summed E-state index contributed by atoms with van der Waals surface area (Å²) in [4.78, 5) is 7.97. The SMILES string of the molecule is CCCNC(C)C(C)Sc1nc2ccc(OC)cc2[nH]1. The van der Waals surface area contributed by atoms with E-state index in [0.717, 1.165) is 34.9 Å². The van der Waals surface area contributed by atoms with Crippen LogP contribution >= 0.6 is 11.8 Å². The van der Waals surface area contributed by atoms with E-state index < -0.39 is 0 Å². The quantitative estimate of drug-likeness (QED) is 0.768. The first kappa shape index (κ1) is 15.2. The lowest BCUT2D eigenvalue weighted by Crippen LogP contribution is -2.34. The van der Waals surface area contributed by atoms with E-state index in [9.17, 15) is 0 Å². The summed E-state index contributed by atoms with van der Waals surface area (Å²) >= 11 is 1.77. The monoisotopic (exact) mass is 293 g/mol. The topological polar surface area (TPSA) is 49.9 Å². The predicted octanol–water partition coefficient (Wildman–Crippen LogP) is 3.44. The van der Waals surface area contributed by atoms with Crippen LogP contribution in [0.2, 0.25) is 0 Å². The van der Waals surface area contributed by atoms with Gasteiger partial charge in [-0.05, 0) is 32.0 Å². The fraction of sp³-hybridized carbons (Fsp3) is 0.533. The number of imidazole rings is 1. The first-order chi connectivity index (χ1) is 9.63. The molecule has 1 heterocycles. The van der Waals surface area contributed by atoms with E-state index in [1.54, 1.807) is 18.9 Å². The molecule has 1 aromatic carbocycles. The second-order valence-electron chi connectivity index (χ2n) is 4.99. The maximum absolute atomic E-state index is 5.23. The van der Waals surface area contributed by atoms with E-state index in [1.165, 1.54) is 0 Å². The maximum atomic E-state index is 5.23. The molecule has 2 atom stereocenters. The van der Waals surface area contributed by atoms with E-state index in [1.807, 2.05) is 18.2 Å². The van der Waals surface area contributed by atoms with E-state index in [4.69, 9.17) is 4.74 Å². The number of benzene rings is 1. The third-order valence-corrected chi connectivity index (χ3v) is 4.58. The Balaban J connectivity index is 2.05. The van der Waals surface area contributed by atoms with Crippen molar-refractivity contribution in [3.63, 3.8) is 0 Å². The molecule has 0 radical (unpaired) electrons. The first-order valence-corrected chi connectivity index (χ1v) is 7.95. The highest BCUT2D eigenvalue weighted by atomic mass is 32.2. The number of hydrogen-bond donors (Lipinski definition) is 2. The molecule has 0 saturated heterocycles. The molecule has 0 amide bonds. The Morgan fingerprint density at radius 1 is 1.40 bits per heavy atom. The highest BCUT2D eigenvalue weighted by Crippen LogP contribution is 2.26. The molecule has 0 bridgehead atoms. The molecule has 20 heavy (non-hydrogen) atoms. The van der Waals surface area contributed by atoms with E-state index in [0.29, 0.717) is 11.3 Å². The summed E-state index contributed by atoms with van der Waals surface area (Å²) in [6.07, 6.45) is 1.16.